The molecule has 0 bridgehead atoms. The second kappa shape index (κ2) is 9.60. The van der Waals surface area contributed by atoms with E-state index >= 15 is 0 Å². The maximum absolute atomic E-state index is 12.6. The second-order valence-electron chi connectivity index (χ2n) is 9.19. The van der Waals surface area contributed by atoms with Crippen molar-refractivity contribution in [3.05, 3.63) is 54.5 Å². The minimum Gasteiger partial charge on any atom is -0.390 e. The van der Waals surface area contributed by atoms with E-state index in [1.54, 1.807) is 30.6 Å². The number of nitrogens with one attached hydrogen (secondary N) is 2. The molecule has 0 unspecified atom stereocenters. The first-order valence-electron chi connectivity index (χ1n) is 11.8. The maximum Gasteiger partial charge on any atom is 0.471 e. The van der Waals surface area contributed by atoms with Gasteiger partial charge in [0.05, 0.1) is 23.0 Å². The number of rotatable bonds is 6. The fourth-order valence-corrected chi connectivity index (χ4v) is 5.03. The molecule has 1 saturated carbocycles. The van der Waals surface area contributed by atoms with Gasteiger partial charge in [0.15, 0.2) is 0 Å². The second-order valence-corrected chi connectivity index (χ2v) is 9.19. The summed E-state index contributed by atoms with van der Waals surface area (Å²) in [6, 6.07) is 9.88. The molecule has 1 aromatic carbocycles. The number of alkyl halides is 3. The van der Waals surface area contributed by atoms with Crippen molar-refractivity contribution < 1.29 is 28.2 Å². The molecule has 0 radical (unpaired) electrons. The molecule has 4 aromatic rings. The van der Waals surface area contributed by atoms with Crippen LogP contribution in [0.5, 0.6) is 0 Å². The van der Waals surface area contributed by atoms with E-state index in [9.17, 15) is 28.2 Å². The fraction of sp³-hybridized carbons (Fsp3) is 0.360. The third kappa shape index (κ3) is 4.81. The van der Waals surface area contributed by atoms with E-state index in [-0.39, 0.29) is 17.8 Å². The fourth-order valence-electron chi connectivity index (χ4n) is 5.03. The highest BCUT2D eigenvalue weighted by Crippen LogP contribution is 2.40. The lowest BCUT2D eigenvalue weighted by molar-refractivity contribution is -0.167. The molecule has 9 nitrogen and oxygen atoms in total. The molecule has 5 rings (SSSR count). The molecule has 0 aliphatic heterocycles. The van der Waals surface area contributed by atoms with Gasteiger partial charge in [0.25, 0.3) is 0 Å². The van der Waals surface area contributed by atoms with Crippen LogP contribution in [-0.2, 0) is 11.2 Å². The summed E-state index contributed by atoms with van der Waals surface area (Å²) in [6.07, 6.45) is -1.90. The van der Waals surface area contributed by atoms with E-state index in [0.717, 1.165) is 10.9 Å². The molecule has 3 heterocycles. The van der Waals surface area contributed by atoms with E-state index in [0.29, 0.717) is 41.6 Å². The largest absolute Gasteiger partial charge is 0.471 e. The van der Waals surface area contributed by atoms with Crippen LogP contribution in [0.4, 0.5) is 24.8 Å². The number of aliphatic hydroxyl groups excluding tert-OH is 2. The molecule has 1 aliphatic rings. The molecular formula is C25H25F3N6O3. The third-order valence-corrected chi connectivity index (χ3v) is 6.93. The summed E-state index contributed by atoms with van der Waals surface area (Å²) < 4.78 is 39.6. The number of aliphatic hydroxyl groups is 2. The Balaban J connectivity index is 1.30. The van der Waals surface area contributed by atoms with E-state index in [1.165, 1.54) is 12.4 Å². The normalized spacial score (nSPS) is 22.0. The molecule has 3 aromatic heterocycles. The SMILES string of the molecule is CNc1ncnc2c1ccn2[C@@H]1C[C@H](CCc2ccc3ccc(NC(=O)C(F)(F)F)nc3c2)[C@@H](O)[C@H]1O. The Morgan fingerprint density at radius 2 is 1.92 bits per heavy atom. The topological polar surface area (TPSA) is 125 Å². The van der Waals surface area contributed by atoms with Crippen LogP contribution in [0, 0.1) is 5.92 Å². The number of aromatic nitrogens is 4. The van der Waals surface area contributed by atoms with Crippen LogP contribution in [0.2, 0.25) is 0 Å². The zero-order chi connectivity index (χ0) is 26.3. The van der Waals surface area contributed by atoms with Crippen molar-refractivity contribution in [2.24, 2.45) is 5.92 Å². The van der Waals surface area contributed by atoms with Gasteiger partial charge in [-0.15, -0.1) is 0 Å². The molecule has 12 heteroatoms. The minimum absolute atomic E-state index is 0.177. The summed E-state index contributed by atoms with van der Waals surface area (Å²) in [6.45, 7) is 0. The van der Waals surface area contributed by atoms with Gasteiger partial charge in [-0.2, -0.15) is 13.2 Å². The summed E-state index contributed by atoms with van der Waals surface area (Å²) in [7, 11) is 1.77. The Labute approximate surface area is 209 Å². The highest BCUT2D eigenvalue weighted by atomic mass is 19.4. The van der Waals surface area contributed by atoms with Gasteiger partial charge in [0, 0.05) is 18.6 Å². The number of halogens is 3. The Kier molecular flexibility index (Phi) is 6.46. The number of nitrogens with zero attached hydrogens (tertiary/aromatic N) is 4. The monoisotopic (exact) mass is 514 g/mol. The number of amides is 1. The Bertz CT molecular complexity index is 1460. The van der Waals surface area contributed by atoms with Crippen LogP contribution < -0.4 is 10.6 Å². The average molecular weight is 515 g/mol. The molecule has 0 saturated heterocycles. The Hall–Kier alpha value is -3.77. The van der Waals surface area contributed by atoms with Crippen LogP contribution in [-0.4, -0.2) is 61.1 Å². The highest BCUT2D eigenvalue weighted by molar-refractivity contribution is 5.95. The summed E-state index contributed by atoms with van der Waals surface area (Å²) in [5.74, 6) is -1.76. The smallest absolute Gasteiger partial charge is 0.390 e. The number of carbonyl (C=O) groups excluding carboxylic acids is 1. The van der Waals surface area contributed by atoms with Gasteiger partial charge >= 0.3 is 12.1 Å². The quantitative estimate of drug-likeness (QED) is 0.311. The van der Waals surface area contributed by atoms with E-state index in [4.69, 9.17) is 0 Å². The number of pyridine rings is 1. The van der Waals surface area contributed by atoms with Crippen LogP contribution >= 0.6 is 0 Å². The summed E-state index contributed by atoms with van der Waals surface area (Å²) >= 11 is 0. The average Bonchev–Trinajstić information content (AvgIpc) is 3.42. The zero-order valence-corrected chi connectivity index (χ0v) is 19.8. The van der Waals surface area contributed by atoms with E-state index in [1.807, 2.05) is 22.9 Å². The van der Waals surface area contributed by atoms with Gasteiger partial charge in [0.1, 0.15) is 29.7 Å². The van der Waals surface area contributed by atoms with Gasteiger partial charge < -0.3 is 25.4 Å². The van der Waals surface area contributed by atoms with Crippen LogP contribution in [0.3, 0.4) is 0 Å². The number of hydrogen-bond donors (Lipinski definition) is 4. The van der Waals surface area contributed by atoms with Gasteiger partial charge in [-0.05, 0) is 55.0 Å². The molecule has 1 fully saturated rings. The first-order chi connectivity index (χ1) is 17.7. The molecule has 1 amide bonds. The van der Waals surface area contributed by atoms with Crippen molar-refractivity contribution in [2.75, 3.05) is 17.7 Å². The lowest BCUT2D eigenvalue weighted by Crippen LogP contribution is -2.30. The number of aryl methyl sites for hydroxylation is 1. The van der Waals surface area contributed by atoms with Crippen molar-refractivity contribution in [3.8, 4) is 0 Å². The molecule has 37 heavy (non-hydrogen) atoms. The van der Waals surface area contributed by atoms with Gasteiger partial charge in [-0.25, -0.2) is 15.0 Å². The maximum atomic E-state index is 12.6. The standard InChI is InChI=1S/C25H25F3N6O3/c1-29-22-16-8-9-34(23(16)31-12-30-22)18-11-15(20(35)21(18)36)5-3-13-2-4-14-6-7-19(32-17(14)10-13)33-24(37)25(26,27)28/h2,4,6-10,12,15,18,20-21,35-36H,3,5,11H2,1H3,(H,29,30,31)(H,32,33,37)/t15-,18+,20+,21-/m0/s1. The van der Waals surface area contributed by atoms with Crippen molar-refractivity contribution >= 4 is 39.5 Å². The predicted molar refractivity (Wildman–Crippen MR) is 131 cm³/mol. The van der Waals surface area contributed by atoms with Crippen molar-refractivity contribution in [1.29, 1.82) is 0 Å². The highest BCUT2D eigenvalue weighted by Gasteiger charge is 2.42. The molecule has 194 valence electrons. The first-order valence-corrected chi connectivity index (χ1v) is 11.8. The minimum atomic E-state index is -5.00. The van der Waals surface area contributed by atoms with Crippen LogP contribution in [0.15, 0.2) is 48.9 Å². The molecular weight excluding hydrogens is 489 g/mol. The summed E-state index contributed by atoms with van der Waals surface area (Å²) in [4.78, 5) is 23.9. The number of hydrogen-bond acceptors (Lipinski definition) is 7. The number of carbonyl (C=O) groups is 1. The summed E-state index contributed by atoms with van der Waals surface area (Å²) in [5.41, 5.74) is 1.99. The lowest BCUT2D eigenvalue weighted by Gasteiger charge is -2.19. The zero-order valence-electron chi connectivity index (χ0n) is 19.8. The first kappa shape index (κ1) is 24.9. The van der Waals surface area contributed by atoms with Crippen molar-refractivity contribution in [2.45, 2.75) is 43.7 Å². The third-order valence-electron chi connectivity index (χ3n) is 6.93. The van der Waals surface area contributed by atoms with Crippen molar-refractivity contribution in [1.82, 2.24) is 19.5 Å². The lowest BCUT2D eigenvalue weighted by atomic mass is 9.95. The number of anilines is 2. The molecule has 1 aliphatic carbocycles. The van der Waals surface area contributed by atoms with Gasteiger partial charge in [0.2, 0.25) is 0 Å². The van der Waals surface area contributed by atoms with Gasteiger partial charge in [-0.3, -0.25) is 4.79 Å². The molecule has 4 N–H and O–H groups in total. The molecule has 4 atom stereocenters. The van der Waals surface area contributed by atoms with Crippen LogP contribution in [0.1, 0.15) is 24.4 Å². The Morgan fingerprint density at radius 1 is 1.14 bits per heavy atom. The molecule has 0 spiro atoms. The van der Waals surface area contributed by atoms with E-state index < -0.39 is 24.3 Å². The predicted octanol–water partition coefficient (Wildman–Crippen LogP) is 3.44. The van der Waals surface area contributed by atoms with Gasteiger partial charge in [-0.1, -0.05) is 12.1 Å². The Morgan fingerprint density at radius 3 is 2.68 bits per heavy atom. The van der Waals surface area contributed by atoms with E-state index in [2.05, 4.69) is 20.3 Å². The summed E-state index contributed by atoms with van der Waals surface area (Å²) in [5, 5.41) is 27.9. The number of fused-ring (bicyclic) bond motifs is 2. The van der Waals surface area contributed by atoms with Crippen molar-refractivity contribution in [3.63, 3.8) is 0 Å². The van der Waals surface area contributed by atoms with Crippen LogP contribution in [0.25, 0.3) is 21.9 Å². The number of benzene rings is 1.